The number of alkyl halides is 3. The number of hydrogen-bond donors (Lipinski definition) is 0. The van der Waals surface area contributed by atoms with E-state index in [0.29, 0.717) is 5.69 Å². The van der Waals surface area contributed by atoms with Gasteiger partial charge in [-0.1, -0.05) is 35.5 Å². The lowest BCUT2D eigenvalue weighted by molar-refractivity contribution is -0.140. The normalized spacial score (nSPS) is 12.8. The van der Waals surface area contributed by atoms with Gasteiger partial charge in [-0.3, -0.25) is 4.79 Å². The van der Waals surface area contributed by atoms with Crippen LogP contribution in [0.4, 0.5) is 13.2 Å². The number of aromatic nitrogens is 3. The van der Waals surface area contributed by atoms with Crippen LogP contribution < -0.4 is 0 Å². The summed E-state index contributed by atoms with van der Waals surface area (Å²) in [5.41, 5.74) is -0.107. The van der Waals surface area contributed by atoms with Crippen molar-refractivity contribution < 1.29 is 18.0 Å². The molecule has 1 atom stereocenters. The van der Waals surface area contributed by atoms with E-state index in [4.69, 9.17) is 11.6 Å². The molecule has 0 aliphatic heterocycles. The Bertz CT molecular complexity index is 974. The molecule has 0 fully saturated rings. The number of benzene rings is 1. The average Bonchev–Trinajstić information content (AvgIpc) is 3.11. The Morgan fingerprint density at radius 2 is 1.89 bits per heavy atom. The smallest absolute Gasteiger partial charge is 0.267 e. The van der Waals surface area contributed by atoms with Crippen molar-refractivity contribution >= 4 is 29.3 Å². The van der Waals surface area contributed by atoms with Crippen molar-refractivity contribution in [3.63, 3.8) is 0 Å². The summed E-state index contributed by atoms with van der Waals surface area (Å²) in [4.78, 5) is 16.6. The van der Waals surface area contributed by atoms with E-state index in [1.807, 2.05) is 0 Å². The van der Waals surface area contributed by atoms with Gasteiger partial charge in [0.2, 0.25) is 0 Å². The minimum atomic E-state index is -4.51. The number of hydrogen-bond acceptors (Lipinski definition) is 4. The maximum atomic E-state index is 13.2. The van der Waals surface area contributed by atoms with E-state index in [9.17, 15) is 18.0 Å². The van der Waals surface area contributed by atoms with Crippen LogP contribution in [-0.2, 0) is 6.18 Å². The Morgan fingerprint density at radius 3 is 2.59 bits per heavy atom. The molecule has 0 bridgehead atoms. The van der Waals surface area contributed by atoms with E-state index in [0.717, 1.165) is 22.5 Å². The molecule has 140 valence electrons. The third kappa shape index (κ3) is 4.17. The Balaban J connectivity index is 1.91. The second kappa shape index (κ2) is 7.74. The minimum Gasteiger partial charge on any atom is -0.267 e. The fourth-order valence-corrected chi connectivity index (χ4v) is 3.75. The first-order chi connectivity index (χ1) is 12.8. The van der Waals surface area contributed by atoms with Crippen LogP contribution in [0.25, 0.3) is 0 Å². The molecule has 0 N–H and O–H groups in total. The fourth-order valence-electron chi connectivity index (χ4n) is 2.47. The molecular formula is C18H13ClF3N3OS. The summed E-state index contributed by atoms with van der Waals surface area (Å²) in [6, 6.07) is 10.3. The standard InChI is InChI=1S/C18H13ClF3N3OS/c1-11(27-16-13(18(20,21)22)6-4-9-23-16)15-8-10-24-25(15)17(26)12-5-2-3-7-14(12)19/h2-11H,1H3/t11-/m1/s1. The topological polar surface area (TPSA) is 47.8 Å². The summed E-state index contributed by atoms with van der Waals surface area (Å²) in [7, 11) is 0. The molecule has 2 heterocycles. The van der Waals surface area contributed by atoms with E-state index in [2.05, 4.69) is 10.1 Å². The van der Waals surface area contributed by atoms with Gasteiger partial charge in [0.15, 0.2) is 0 Å². The molecule has 0 aliphatic carbocycles. The Hall–Kier alpha value is -2.32. The molecule has 1 aromatic carbocycles. The second-order valence-electron chi connectivity index (χ2n) is 5.57. The van der Waals surface area contributed by atoms with E-state index in [-0.39, 0.29) is 15.6 Å². The highest BCUT2D eigenvalue weighted by molar-refractivity contribution is 7.99. The lowest BCUT2D eigenvalue weighted by Gasteiger charge is -2.16. The molecule has 0 aliphatic rings. The van der Waals surface area contributed by atoms with Crippen LogP contribution in [0.5, 0.6) is 0 Å². The molecule has 4 nitrogen and oxygen atoms in total. The maximum absolute atomic E-state index is 13.2. The summed E-state index contributed by atoms with van der Waals surface area (Å²) < 4.78 is 40.7. The van der Waals surface area contributed by atoms with Crippen molar-refractivity contribution in [2.75, 3.05) is 0 Å². The van der Waals surface area contributed by atoms with Gasteiger partial charge in [0.1, 0.15) is 5.03 Å². The van der Waals surface area contributed by atoms with Crippen molar-refractivity contribution in [1.29, 1.82) is 0 Å². The predicted molar refractivity (Wildman–Crippen MR) is 96.9 cm³/mol. The summed E-state index contributed by atoms with van der Waals surface area (Å²) in [5, 5.41) is 3.63. The van der Waals surface area contributed by atoms with Crippen molar-refractivity contribution in [3.8, 4) is 0 Å². The first kappa shape index (κ1) is 19.4. The van der Waals surface area contributed by atoms with Crippen molar-refractivity contribution in [1.82, 2.24) is 14.8 Å². The van der Waals surface area contributed by atoms with E-state index >= 15 is 0 Å². The molecule has 27 heavy (non-hydrogen) atoms. The van der Waals surface area contributed by atoms with Crippen molar-refractivity contribution in [2.24, 2.45) is 0 Å². The SMILES string of the molecule is C[C@@H](Sc1ncccc1C(F)(F)F)c1ccnn1C(=O)c1ccccc1Cl. The molecule has 3 aromatic rings. The zero-order chi connectivity index (χ0) is 19.6. The van der Waals surface area contributed by atoms with Gasteiger partial charge in [-0.2, -0.15) is 23.0 Å². The van der Waals surface area contributed by atoms with Gasteiger partial charge in [0.25, 0.3) is 5.91 Å². The summed E-state index contributed by atoms with van der Waals surface area (Å²) in [6.45, 7) is 1.69. The molecule has 0 saturated heterocycles. The quantitative estimate of drug-likeness (QED) is 0.532. The van der Waals surface area contributed by atoms with Crippen LogP contribution in [0.1, 0.15) is 33.8 Å². The van der Waals surface area contributed by atoms with Crippen LogP contribution in [-0.4, -0.2) is 20.7 Å². The van der Waals surface area contributed by atoms with Crippen LogP contribution >= 0.6 is 23.4 Å². The number of rotatable bonds is 4. The number of halogens is 4. The monoisotopic (exact) mass is 411 g/mol. The van der Waals surface area contributed by atoms with E-state index < -0.39 is 22.9 Å². The third-order valence-electron chi connectivity index (χ3n) is 3.75. The zero-order valence-electron chi connectivity index (χ0n) is 13.9. The predicted octanol–water partition coefficient (Wildman–Crippen LogP) is 5.49. The molecule has 0 amide bonds. The number of nitrogens with zero attached hydrogens (tertiary/aromatic N) is 3. The number of thioether (sulfide) groups is 1. The third-order valence-corrected chi connectivity index (χ3v) is 5.22. The molecule has 0 saturated carbocycles. The average molecular weight is 412 g/mol. The number of carbonyl (C=O) groups excluding carboxylic acids is 1. The molecule has 0 unspecified atom stereocenters. The maximum Gasteiger partial charge on any atom is 0.419 e. The summed E-state index contributed by atoms with van der Waals surface area (Å²) >= 11 is 6.98. The molecule has 3 rings (SSSR count). The lowest BCUT2D eigenvalue weighted by Crippen LogP contribution is -2.18. The first-order valence-electron chi connectivity index (χ1n) is 7.81. The van der Waals surface area contributed by atoms with Crippen LogP contribution in [0.3, 0.4) is 0 Å². The number of carbonyl (C=O) groups is 1. The van der Waals surface area contributed by atoms with Crippen LogP contribution in [0.2, 0.25) is 5.02 Å². The highest BCUT2D eigenvalue weighted by Crippen LogP contribution is 2.41. The minimum absolute atomic E-state index is 0.157. The molecular weight excluding hydrogens is 399 g/mol. The van der Waals surface area contributed by atoms with Crippen LogP contribution in [0, 0.1) is 0 Å². The largest absolute Gasteiger partial charge is 0.419 e. The molecule has 0 radical (unpaired) electrons. The van der Waals surface area contributed by atoms with Crippen molar-refractivity contribution in [3.05, 3.63) is 76.7 Å². The first-order valence-corrected chi connectivity index (χ1v) is 9.07. The van der Waals surface area contributed by atoms with E-state index in [1.165, 1.54) is 18.5 Å². The van der Waals surface area contributed by atoms with Gasteiger partial charge in [0, 0.05) is 12.4 Å². The van der Waals surface area contributed by atoms with E-state index in [1.54, 1.807) is 37.3 Å². The van der Waals surface area contributed by atoms with Crippen LogP contribution in [0.15, 0.2) is 59.9 Å². The highest BCUT2D eigenvalue weighted by Gasteiger charge is 2.35. The summed E-state index contributed by atoms with van der Waals surface area (Å²) in [6.07, 6.45) is -1.79. The Labute approximate surface area is 162 Å². The molecule has 9 heteroatoms. The second-order valence-corrected chi connectivity index (χ2v) is 7.30. The molecule has 0 spiro atoms. The van der Waals surface area contributed by atoms with Gasteiger partial charge >= 0.3 is 6.18 Å². The highest BCUT2D eigenvalue weighted by atomic mass is 35.5. The molecule has 2 aromatic heterocycles. The Morgan fingerprint density at radius 1 is 1.15 bits per heavy atom. The lowest BCUT2D eigenvalue weighted by atomic mass is 10.2. The van der Waals surface area contributed by atoms with Crippen molar-refractivity contribution in [2.45, 2.75) is 23.4 Å². The van der Waals surface area contributed by atoms with Gasteiger partial charge in [-0.15, -0.1) is 0 Å². The zero-order valence-corrected chi connectivity index (χ0v) is 15.5. The fraction of sp³-hybridized carbons (Fsp3) is 0.167. The Kier molecular flexibility index (Phi) is 5.57. The summed E-state index contributed by atoms with van der Waals surface area (Å²) in [5.74, 6) is -0.454. The van der Waals surface area contributed by atoms with Gasteiger partial charge in [0.05, 0.1) is 27.1 Å². The van der Waals surface area contributed by atoms with Gasteiger partial charge in [-0.25, -0.2) is 4.98 Å². The van der Waals surface area contributed by atoms with Gasteiger partial charge in [-0.05, 0) is 37.3 Å². The van der Waals surface area contributed by atoms with Gasteiger partial charge < -0.3 is 0 Å². The number of pyridine rings is 1.